The summed E-state index contributed by atoms with van der Waals surface area (Å²) < 4.78 is 7.92. The number of likely N-dealkylation sites (tertiary alicyclic amines) is 1. The zero-order chi connectivity index (χ0) is 22.1. The molecular weight excluding hydrogens is 400 g/mol. The fraction of sp³-hybridized carbons (Fsp3) is 0.269. The number of likely N-dealkylation sites (N-methyl/N-ethyl adjacent to an activating group) is 1. The lowest BCUT2D eigenvalue weighted by Gasteiger charge is -2.29. The van der Waals surface area contributed by atoms with Gasteiger partial charge >= 0.3 is 0 Å². The summed E-state index contributed by atoms with van der Waals surface area (Å²) in [6, 6.07) is 18.7. The number of hydrogen-bond acceptors (Lipinski definition) is 4. The minimum atomic E-state index is 0.203. The average molecular weight is 427 g/mol. The summed E-state index contributed by atoms with van der Waals surface area (Å²) in [6.45, 7) is 1.15. The van der Waals surface area contributed by atoms with Gasteiger partial charge in [-0.1, -0.05) is 48.5 Å². The molecule has 162 valence electrons. The van der Waals surface area contributed by atoms with Crippen LogP contribution in [0.2, 0.25) is 0 Å². The summed E-state index contributed by atoms with van der Waals surface area (Å²) >= 11 is 0. The maximum atomic E-state index is 11.8. The van der Waals surface area contributed by atoms with E-state index >= 15 is 0 Å². The van der Waals surface area contributed by atoms with Crippen LogP contribution in [0.25, 0.3) is 22.0 Å². The van der Waals surface area contributed by atoms with Gasteiger partial charge in [-0.2, -0.15) is 0 Å². The Morgan fingerprint density at radius 3 is 2.69 bits per heavy atom. The van der Waals surface area contributed by atoms with Crippen molar-refractivity contribution >= 4 is 16.8 Å². The third-order valence-electron chi connectivity index (χ3n) is 6.16. The first kappa shape index (κ1) is 20.2. The van der Waals surface area contributed by atoms with Crippen molar-refractivity contribution in [2.75, 3.05) is 13.6 Å². The number of pyridine rings is 1. The molecule has 1 amide bonds. The number of hydrogen-bond donors (Lipinski definition) is 0. The Morgan fingerprint density at radius 1 is 1.06 bits per heavy atom. The van der Waals surface area contributed by atoms with Gasteiger partial charge in [0.05, 0.1) is 5.52 Å². The number of carbonyl (C=O) groups is 1. The Labute approximate surface area is 187 Å². The molecule has 1 aliphatic heterocycles. The van der Waals surface area contributed by atoms with E-state index in [1.165, 1.54) is 0 Å². The number of ether oxygens (including phenoxy) is 1. The van der Waals surface area contributed by atoms with Gasteiger partial charge in [0.25, 0.3) is 0 Å². The van der Waals surface area contributed by atoms with Crippen molar-refractivity contribution in [3.8, 4) is 17.0 Å². The Bertz CT molecular complexity index is 1260. The van der Waals surface area contributed by atoms with E-state index in [9.17, 15) is 4.79 Å². The second-order valence-corrected chi connectivity index (χ2v) is 8.44. The molecule has 1 atom stereocenters. The molecule has 0 aliphatic carbocycles. The van der Waals surface area contributed by atoms with Crippen molar-refractivity contribution in [2.45, 2.75) is 25.4 Å². The second-order valence-electron chi connectivity index (χ2n) is 8.44. The van der Waals surface area contributed by atoms with E-state index in [1.54, 1.807) is 9.58 Å². The molecule has 1 fully saturated rings. The van der Waals surface area contributed by atoms with Gasteiger partial charge in [0, 0.05) is 61.9 Å². The van der Waals surface area contributed by atoms with Gasteiger partial charge in [-0.05, 0) is 23.6 Å². The maximum absolute atomic E-state index is 11.8. The van der Waals surface area contributed by atoms with E-state index in [4.69, 9.17) is 4.74 Å². The Morgan fingerprint density at radius 2 is 1.88 bits per heavy atom. The molecule has 0 spiro atoms. The quantitative estimate of drug-likeness (QED) is 0.470. The van der Waals surface area contributed by atoms with Gasteiger partial charge in [0.15, 0.2) is 0 Å². The van der Waals surface area contributed by atoms with Gasteiger partial charge in [0.2, 0.25) is 11.8 Å². The molecule has 1 unspecified atom stereocenters. The highest BCUT2D eigenvalue weighted by molar-refractivity contribution is 5.93. The lowest BCUT2D eigenvalue weighted by Crippen LogP contribution is -2.35. The molecule has 6 heteroatoms. The monoisotopic (exact) mass is 426 g/mol. The number of nitrogens with zero attached hydrogens (tertiary/aromatic N) is 4. The van der Waals surface area contributed by atoms with Crippen LogP contribution in [0, 0.1) is 0 Å². The molecule has 0 saturated carbocycles. The van der Waals surface area contributed by atoms with Crippen LogP contribution in [-0.2, 0) is 18.4 Å². The van der Waals surface area contributed by atoms with Crippen LogP contribution in [0.1, 0.15) is 29.9 Å². The smallest absolute Gasteiger partial charge is 0.236 e. The molecule has 0 N–H and O–H groups in total. The predicted molar refractivity (Wildman–Crippen MR) is 124 cm³/mol. The zero-order valence-corrected chi connectivity index (χ0v) is 18.4. The van der Waals surface area contributed by atoms with Crippen LogP contribution in [0.15, 0.2) is 67.0 Å². The summed E-state index contributed by atoms with van der Waals surface area (Å²) in [5, 5.41) is 5.66. The van der Waals surface area contributed by atoms with Crippen LogP contribution < -0.4 is 4.74 Å². The maximum Gasteiger partial charge on any atom is 0.236 e. The van der Waals surface area contributed by atoms with E-state index in [0.717, 1.165) is 39.6 Å². The van der Waals surface area contributed by atoms with Gasteiger partial charge < -0.3 is 9.64 Å². The minimum Gasteiger partial charge on any atom is -0.472 e. The number of benzene rings is 2. The van der Waals surface area contributed by atoms with E-state index in [0.29, 0.717) is 25.5 Å². The number of aromatic nitrogens is 3. The summed E-state index contributed by atoms with van der Waals surface area (Å²) in [4.78, 5) is 18.2. The third kappa shape index (κ3) is 3.96. The Hall–Kier alpha value is -3.67. The van der Waals surface area contributed by atoms with Gasteiger partial charge in [-0.15, -0.1) is 5.10 Å². The van der Waals surface area contributed by atoms with Crippen molar-refractivity contribution in [1.82, 2.24) is 19.7 Å². The standard InChI is InChI=1S/C26H26N4O2/c1-29-15-21(12-13-24(29)31)23-16-30(2)28-26(23)32-17-18-8-10-19(11-9-18)22-7-3-5-20-6-4-14-27-25(20)22/h3-11,14,16,21H,12-13,15,17H2,1-2H3. The molecule has 4 aromatic rings. The first-order valence-corrected chi connectivity index (χ1v) is 10.9. The molecule has 5 rings (SSSR count). The number of amides is 1. The largest absolute Gasteiger partial charge is 0.472 e. The number of fused-ring (bicyclic) bond motifs is 1. The highest BCUT2D eigenvalue weighted by atomic mass is 16.5. The number of carbonyl (C=O) groups excluding carboxylic acids is 1. The second kappa shape index (κ2) is 8.46. The molecule has 3 heterocycles. The Balaban J connectivity index is 1.32. The molecule has 6 nitrogen and oxygen atoms in total. The summed E-state index contributed by atoms with van der Waals surface area (Å²) in [5.41, 5.74) is 5.41. The summed E-state index contributed by atoms with van der Waals surface area (Å²) in [5.74, 6) is 1.11. The molecule has 32 heavy (non-hydrogen) atoms. The topological polar surface area (TPSA) is 60.3 Å². The molecule has 2 aromatic heterocycles. The van der Waals surface area contributed by atoms with E-state index in [1.807, 2.05) is 32.6 Å². The molecule has 0 radical (unpaired) electrons. The number of para-hydroxylation sites is 1. The molecule has 0 bridgehead atoms. The predicted octanol–water partition coefficient (Wildman–Crippen LogP) is 4.55. The number of piperidine rings is 1. The first-order valence-electron chi connectivity index (χ1n) is 10.9. The van der Waals surface area contributed by atoms with Crippen molar-refractivity contribution in [2.24, 2.45) is 7.05 Å². The molecule has 2 aromatic carbocycles. The van der Waals surface area contributed by atoms with E-state index in [-0.39, 0.29) is 11.8 Å². The third-order valence-corrected chi connectivity index (χ3v) is 6.16. The van der Waals surface area contributed by atoms with Crippen molar-refractivity contribution in [1.29, 1.82) is 0 Å². The van der Waals surface area contributed by atoms with Crippen LogP contribution in [0.5, 0.6) is 5.88 Å². The van der Waals surface area contributed by atoms with E-state index in [2.05, 4.69) is 58.6 Å². The van der Waals surface area contributed by atoms with Crippen molar-refractivity contribution in [3.63, 3.8) is 0 Å². The van der Waals surface area contributed by atoms with Crippen LogP contribution in [0.4, 0.5) is 0 Å². The SMILES string of the molecule is CN1CC(c2cn(C)nc2OCc2ccc(-c3cccc4cccnc34)cc2)CCC1=O. The van der Waals surface area contributed by atoms with E-state index < -0.39 is 0 Å². The minimum absolute atomic E-state index is 0.203. The number of aryl methyl sites for hydroxylation is 1. The molecular formula is C26H26N4O2. The number of rotatable bonds is 5. The Kier molecular flexibility index (Phi) is 5.35. The lowest BCUT2D eigenvalue weighted by molar-refractivity contribution is -0.132. The normalized spacial score (nSPS) is 16.5. The van der Waals surface area contributed by atoms with Gasteiger partial charge in [0.1, 0.15) is 6.61 Å². The van der Waals surface area contributed by atoms with Crippen LogP contribution in [0.3, 0.4) is 0 Å². The molecule has 1 saturated heterocycles. The van der Waals surface area contributed by atoms with Crippen LogP contribution in [-0.4, -0.2) is 39.2 Å². The van der Waals surface area contributed by atoms with Crippen LogP contribution >= 0.6 is 0 Å². The first-order chi connectivity index (χ1) is 15.6. The van der Waals surface area contributed by atoms with Gasteiger partial charge in [-0.25, -0.2) is 0 Å². The highest BCUT2D eigenvalue weighted by Crippen LogP contribution is 2.33. The summed E-state index contributed by atoms with van der Waals surface area (Å²) in [7, 11) is 3.76. The lowest BCUT2D eigenvalue weighted by atomic mass is 9.92. The highest BCUT2D eigenvalue weighted by Gasteiger charge is 2.28. The van der Waals surface area contributed by atoms with Crippen molar-refractivity contribution in [3.05, 3.63) is 78.1 Å². The van der Waals surface area contributed by atoms with Gasteiger partial charge in [-0.3, -0.25) is 14.5 Å². The zero-order valence-electron chi connectivity index (χ0n) is 18.4. The molecule has 1 aliphatic rings. The average Bonchev–Trinajstić information content (AvgIpc) is 3.20. The summed E-state index contributed by atoms with van der Waals surface area (Å²) in [6.07, 6.45) is 5.25. The van der Waals surface area contributed by atoms with Crippen molar-refractivity contribution < 1.29 is 9.53 Å². The fourth-order valence-electron chi connectivity index (χ4n) is 4.41. The fourth-order valence-corrected chi connectivity index (χ4v) is 4.41.